The summed E-state index contributed by atoms with van der Waals surface area (Å²) in [5.74, 6) is -1.06. The standard InChI is InChI=1S/C5H5ClO2/c1-2-4(6)3-5(7)8/h2-3H,1H2,(H,7,8). The summed E-state index contributed by atoms with van der Waals surface area (Å²) in [7, 11) is 0. The van der Waals surface area contributed by atoms with Crippen LogP contribution in [0.15, 0.2) is 23.8 Å². The molecule has 2 nitrogen and oxygen atoms in total. The Balaban J connectivity index is 3.94. The van der Waals surface area contributed by atoms with E-state index in [0.29, 0.717) is 0 Å². The topological polar surface area (TPSA) is 37.3 Å². The Morgan fingerprint density at radius 3 is 2.38 bits per heavy atom. The summed E-state index contributed by atoms with van der Waals surface area (Å²) < 4.78 is 0. The molecule has 0 aliphatic carbocycles. The van der Waals surface area contributed by atoms with E-state index in [4.69, 9.17) is 16.7 Å². The highest BCUT2D eigenvalue weighted by atomic mass is 35.5. The molecule has 44 valence electrons. The average molecular weight is 133 g/mol. The summed E-state index contributed by atoms with van der Waals surface area (Å²) in [6.45, 7) is 3.25. The third kappa shape index (κ3) is 3.43. The highest BCUT2D eigenvalue weighted by molar-refractivity contribution is 6.32. The van der Waals surface area contributed by atoms with Crippen LogP contribution in [-0.4, -0.2) is 11.1 Å². The van der Waals surface area contributed by atoms with Crippen LogP contribution in [0.1, 0.15) is 0 Å². The van der Waals surface area contributed by atoms with Gasteiger partial charge in [-0.15, -0.1) is 0 Å². The SMILES string of the molecule is C=CC(Cl)=CC(=O)O. The molecule has 0 saturated heterocycles. The third-order valence-electron chi connectivity index (χ3n) is 0.456. The number of carboxylic acid groups (broad SMARTS) is 1. The monoisotopic (exact) mass is 132 g/mol. The van der Waals surface area contributed by atoms with Gasteiger partial charge < -0.3 is 5.11 Å². The van der Waals surface area contributed by atoms with Gasteiger partial charge in [-0.3, -0.25) is 0 Å². The van der Waals surface area contributed by atoms with E-state index in [2.05, 4.69) is 6.58 Å². The molecular weight excluding hydrogens is 128 g/mol. The van der Waals surface area contributed by atoms with Gasteiger partial charge >= 0.3 is 5.97 Å². The molecule has 0 fully saturated rings. The van der Waals surface area contributed by atoms with Crippen molar-refractivity contribution in [2.75, 3.05) is 0 Å². The number of hydrogen-bond donors (Lipinski definition) is 1. The lowest BCUT2D eigenvalue weighted by molar-refractivity contribution is -0.131. The second kappa shape index (κ2) is 3.27. The Kier molecular flexibility index (Phi) is 2.96. The summed E-state index contributed by atoms with van der Waals surface area (Å²) in [6.07, 6.45) is 2.13. The number of halogens is 1. The first-order valence-electron chi connectivity index (χ1n) is 1.89. The van der Waals surface area contributed by atoms with Crippen molar-refractivity contribution in [1.29, 1.82) is 0 Å². The minimum Gasteiger partial charge on any atom is -0.478 e. The Morgan fingerprint density at radius 2 is 2.25 bits per heavy atom. The summed E-state index contributed by atoms with van der Waals surface area (Å²) in [6, 6.07) is 0. The normalized spacial score (nSPS) is 10.9. The van der Waals surface area contributed by atoms with E-state index < -0.39 is 5.97 Å². The Bertz CT molecular complexity index is 137. The zero-order valence-corrected chi connectivity index (χ0v) is 4.85. The molecule has 0 rings (SSSR count). The van der Waals surface area contributed by atoms with Gasteiger partial charge in [0.25, 0.3) is 0 Å². The van der Waals surface area contributed by atoms with E-state index in [0.717, 1.165) is 6.08 Å². The quantitative estimate of drug-likeness (QED) is 0.455. The smallest absolute Gasteiger partial charge is 0.329 e. The van der Waals surface area contributed by atoms with Crippen molar-refractivity contribution in [3.05, 3.63) is 23.8 Å². The van der Waals surface area contributed by atoms with Crippen molar-refractivity contribution in [3.63, 3.8) is 0 Å². The molecule has 0 saturated carbocycles. The summed E-state index contributed by atoms with van der Waals surface area (Å²) in [4.78, 5) is 9.76. The molecule has 0 spiro atoms. The van der Waals surface area contributed by atoms with Crippen LogP contribution in [0.3, 0.4) is 0 Å². The highest BCUT2D eigenvalue weighted by Gasteiger charge is 1.88. The lowest BCUT2D eigenvalue weighted by atomic mass is 10.5. The van der Waals surface area contributed by atoms with Crippen LogP contribution in [0.4, 0.5) is 0 Å². The number of carboxylic acids is 1. The predicted octanol–water partition coefficient (Wildman–Crippen LogP) is 1.38. The van der Waals surface area contributed by atoms with E-state index in [-0.39, 0.29) is 5.03 Å². The fraction of sp³-hybridized carbons (Fsp3) is 0. The van der Waals surface area contributed by atoms with Crippen LogP contribution >= 0.6 is 11.6 Å². The lowest BCUT2D eigenvalue weighted by Crippen LogP contribution is -1.86. The molecule has 0 radical (unpaired) electrons. The van der Waals surface area contributed by atoms with Crippen molar-refractivity contribution >= 4 is 17.6 Å². The van der Waals surface area contributed by atoms with E-state index in [1.54, 1.807) is 0 Å². The Morgan fingerprint density at radius 1 is 1.75 bits per heavy atom. The number of allylic oxidation sites excluding steroid dienone is 2. The molecule has 1 N–H and O–H groups in total. The molecule has 3 heteroatoms. The van der Waals surface area contributed by atoms with E-state index in [1.807, 2.05) is 0 Å². The molecule has 0 aliphatic rings. The molecule has 0 heterocycles. The first kappa shape index (κ1) is 7.24. The van der Waals surface area contributed by atoms with Crippen molar-refractivity contribution < 1.29 is 9.90 Å². The fourth-order valence-corrected chi connectivity index (χ4v) is 0.270. The summed E-state index contributed by atoms with van der Waals surface area (Å²) in [5.41, 5.74) is 0. The zero-order valence-electron chi connectivity index (χ0n) is 4.10. The minimum absolute atomic E-state index is 0.137. The predicted molar refractivity (Wildman–Crippen MR) is 31.8 cm³/mol. The van der Waals surface area contributed by atoms with Crippen molar-refractivity contribution in [2.45, 2.75) is 0 Å². The van der Waals surface area contributed by atoms with E-state index in [1.165, 1.54) is 6.08 Å². The van der Waals surface area contributed by atoms with Gasteiger partial charge in [-0.2, -0.15) is 0 Å². The zero-order chi connectivity index (χ0) is 6.57. The van der Waals surface area contributed by atoms with Crippen molar-refractivity contribution in [1.82, 2.24) is 0 Å². The summed E-state index contributed by atoms with van der Waals surface area (Å²) >= 11 is 5.22. The lowest BCUT2D eigenvalue weighted by Gasteiger charge is -1.79. The second-order valence-electron chi connectivity index (χ2n) is 1.07. The number of hydrogen-bond acceptors (Lipinski definition) is 1. The first-order valence-corrected chi connectivity index (χ1v) is 2.27. The first-order chi connectivity index (χ1) is 3.66. The van der Waals surface area contributed by atoms with Gasteiger partial charge in [0.2, 0.25) is 0 Å². The maximum Gasteiger partial charge on any atom is 0.329 e. The van der Waals surface area contributed by atoms with Gasteiger partial charge in [0, 0.05) is 11.1 Å². The largest absolute Gasteiger partial charge is 0.478 e. The van der Waals surface area contributed by atoms with Crippen molar-refractivity contribution in [3.8, 4) is 0 Å². The van der Waals surface area contributed by atoms with Crippen LogP contribution in [0.5, 0.6) is 0 Å². The summed E-state index contributed by atoms with van der Waals surface area (Å²) in [5, 5.41) is 8.14. The fourth-order valence-electron chi connectivity index (χ4n) is 0.177. The Labute approximate surface area is 52.1 Å². The van der Waals surface area contributed by atoms with Gasteiger partial charge in [-0.25, -0.2) is 4.79 Å². The minimum atomic E-state index is -1.06. The molecule has 0 unspecified atom stereocenters. The van der Waals surface area contributed by atoms with Crippen LogP contribution in [-0.2, 0) is 4.79 Å². The van der Waals surface area contributed by atoms with E-state index in [9.17, 15) is 4.79 Å². The maximum absolute atomic E-state index is 9.76. The van der Waals surface area contributed by atoms with Gasteiger partial charge in [0.15, 0.2) is 0 Å². The van der Waals surface area contributed by atoms with Crippen LogP contribution in [0, 0.1) is 0 Å². The molecule has 0 bridgehead atoms. The van der Waals surface area contributed by atoms with Crippen molar-refractivity contribution in [2.24, 2.45) is 0 Å². The average Bonchev–Trinajstić information content (AvgIpc) is 1.65. The molecule has 0 aromatic carbocycles. The maximum atomic E-state index is 9.76. The second-order valence-corrected chi connectivity index (χ2v) is 1.51. The Hall–Kier alpha value is -0.760. The molecule has 0 aliphatic heterocycles. The van der Waals surface area contributed by atoms with E-state index >= 15 is 0 Å². The van der Waals surface area contributed by atoms with Crippen LogP contribution in [0.2, 0.25) is 0 Å². The van der Waals surface area contributed by atoms with Gasteiger partial charge in [0.05, 0.1) is 0 Å². The highest BCUT2D eigenvalue weighted by Crippen LogP contribution is 1.99. The number of carbonyl (C=O) groups is 1. The van der Waals surface area contributed by atoms with Gasteiger partial charge in [-0.1, -0.05) is 24.3 Å². The molecule has 0 aromatic rings. The molecule has 0 atom stereocenters. The third-order valence-corrected chi connectivity index (χ3v) is 0.720. The molecule has 0 amide bonds. The van der Waals surface area contributed by atoms with Crippen LogP contribution in [0.25, 0.3) is 0 Å². The molecule has 0 aromatic heterocycles. The number of rotatable bonds is 2. The van der Waals surface area contributed by atoms with Gasteiger partial charge in [0.1, 0.15) is 0 Å². The van der Waals surface area contributed by atoms with Crippen LogP contribution < -0.4 is 0 Å². The number of aliphatic carboxylic acids is 1. The molecule has 8 heavy (non-hydrogen) atoms. The van der Waals surface area contributed by atoms with Gasteiger partial charge in [-0.05, 0) is 0 Å². The molecular formula is C5H5ClO2.